The number of non-ortho nitro benzene ring substituents is 1. The van der Waals surface area contributed by atoms with Gasteiger partial charge in [0.05, 0.1) is 27.2 Å². The largest absolute Gasteiger partial charge is 0.491 e. The highest BCUT2D eigenvalue weighted by Crippen LogP contribution is 2.29. The van der Waals surface area contributed by atoms with Crippen LogP contribution < -0.4 is 4.74 Å². The van der Waals surface area contributed by atoms with Crippen LogP contribution in [0.25, 0.3) is 0 Å². The summed E-state index contributed by atoms with van der Waals surface area (Å²) in [4.78, 5) is 10.2. The van der Waals surface area contributed by atoms with Crippen molar-refractivity contribution in [2.45, 2.75) is 43.4 Å². The molecule has 0 aliphatic rings. The van der Waals surface area contributed by atoms with Gasteiger partial charge in [-0.2, -0.15) is 0 Å². The van der Waals surface area contributed by atoms with E-state index in [4.69, 9.17) is 16.3 Å². The summed E-state index contributed by atoms with van der Waals surface area (Å²) in [6.07, 6.45) is 0.0512. The maximum absolute atomic E-state index is 12.4. The molecule has 0 bridgehead atoms. The maximum atomic E-state index is 12.4. The summed E-state index contributed by atoms with van der Waals surface area (Å²) in [5, 5.41) is 10.2. The molecule has 0 saturated heterocycles. The quantitative estimate of drug-likeness (QED) is 0.434. The molecule has 0 spiro atoms. The molecular formula is C13H18ClNO5S. The Morgan fingerprint density at radius 2 is 1.90 bits per heavy atom. The van der Waals surface area contributed by atoms with Gasteiger partial charge < -0.3 is 4.74 Å². The molecule has 8 heteroatoms. The molecule has 1 aromatic rings. The normalized spacial score (nSPS) is 13.2. The minimum absolute atomic E-state index is 0.120. The van der Waals surface area contributed by atoms with Gasteiger partial charge in [-0.25, -0.2) is 8.42 Å². The van der Waals surface area contributed by atoms with Gasteiger partial charge in [-0.3, -0.25) is 10.1 Å². The van der Waals surface area contributed by atoms with Crippen LogP contribution in [0.2, 0.25) is 0 Å². The van der Waals surface area contributed by atoms with E-state index < -0.39 is 20.0 Å². The first kappa shape index (κ1) is 17.7. The third-order valence-electron chi connectivity index (χ3n) is 2.82. The lowest BCUT2D eigenvalue weighted by molar-refractivity contribution is -0.385. The minimum atomic E-state index is -3.68. The molecule has 0 N–H and O–H groups in total. The number of benzene rings is 1. The van der Waals surface area contributed by atoms with Crippen molar-refractivity contribution in [2.24, 2.45) is 0 Å². The molecule has 6 nitrogen and oxygen atoms in total. The number of rotatable bonds is 7. The van der Waals surface area contributed by atoms with Gasteiger partial charge in [-0.1, -0.05) is 0 Å². The van der Waals surface area contributed by atoms with Gasteiger partial charge in [0.1, 0.15) is 5.75 Å². The number of hydrogen-bond acceptors (Lipinski definition) is 5. The smallest absolute Gasteiger partial charge is 0.274 e. The lowest BCUT2D eigenvalue weighted by Gasteiger charge is -2.14. The summed E-state index contributed by atoms with van der Waals surface area (Å²) in [7, 11) is -3.68. The summed E-state index contributed by atoms with van der Waals surface area (Å²) in [6, 6.07) is 3.57. The van der Waals surface area contributed by atoms with Gasteiger partial charge in [-0.15, -0.1) is 11.6 Å². The predicted molar refractivity (Wildman–Crippen MR) is 80.8 cm³/mol. The summed E-state index contributed by atoms with van der Waals surface area (Å²) < 4.78 is 30.2. The zero-order chi connectivity index (χ0) is 16.2. The summed E-state index contributed by atoms with van der Waals surface area (Å²) in [6.45, 7) is 5.03. The molecule has 1 unspecified atom stereocenters. The van der Waals surface area contributed by atoms with E-state index in [1.807, 2.05) is 0 Å². The Labute approximate surface area is 129 Å². The van der Waals surface area contributed by atoms with Crippen molar-refractivity contribution in [3.8, 4) is 5.75 Å². The minimum Gasteiger partial charge on any atom is -0.491 e. The number of nitro groups is 1. The van der Waals surface area contributed by atoms with Crippen molar-refractivity contribution in [2.75, 3.05) is 5.88 Å². The van der Waals surface area contributed by atoms with Crippen LogP contribution in [0, 0.1) is 10.1 Å². The molecule has 0 heterocycles. The van der Waals surface area contributed by atoms with Crippen LogP contribution in [0.1, 0.15) is 27.2 Å². The number of hydrogen-bond donors (Lipinski definition) is 0. The fourth-order valence-electron chi connectivity index (χ4n) is 1.71. The van der Waals surface area contributed by atoms with E-state index in [1.54, 1.807) is 13.8 Å². The standard InChI is InChI=1S/C13H18ClNO5S/c1-9(2)20-12-6-11(15(16)17)7-13(8-12)21(18,19)10(3)4-5-14/h6-10H,4-5H2,1-3H3. The van der Waals surface area contributed by atoms with Crippen LogP contribution in [0.3, 0.4) is 0 Å². The van der Waals surface area contributed by atoms with Crippen LogP contribution in [-0.4, -0.2) is 30.6 Å². The Morgan fingerprint density at radius 1 is 1.29 bits per heavy atom. The van der Waals surface area contributed by atoms with E-state index in [0.29, 0.717) is 0 Å². The molecule has 1 atom stereocenters. The van der Waals surface area contributed by atoms with Gasteiger partial charge in [0.15, 0.2) is 9.84 Å². The number of sulfone groups is 1. The first-order chi connectivity index (χ1) is 9.68. The molecule has 1 rings (SSSR count). The SMILES string of the molecule is CC(C)Oc1cc([N+](=O)[O-])cc(S(=O)(=O)C(C)CCCl)c1. The molecule has 0 aliphatic carbocycles. The zero-order valence-corrected chi connectivity index (χ0v) is 13.6. The van der Waals surface area contributed by atoms with E-state index in [2.05, 4.69) is 0 Å². The second kappa shape index (κ2) is 7.09. The van der Waals surface area contributed by atoms with E-state index in [1.165, 1.54) is 19.1 Å². The van der Waals surface area contributed by atoms with Crippen LogP contribution >= 0.6 is 11.6 Å². The predicted octanol–water partition coefficient (Wildman–Crippen LogP) is 3.17. The average molecular weight is 336 g/mol. The fourth-order valence-corrected chi connectivity index (χ4v) is 3.62. The van der Waals surface area contributed by atoms with Gasteiger partial charge in [0.25, 0.3) is 5.69 Å². The molecule has 0 saturated carbocycles. The topological polar surface area (TPSA) is 86.5 Å². The van der Waals surface area contributed by atoms with E-state index in [-0.39, 0.29) is 34.7 Å². The first-order valence-electron chi connectivity index (χ1n) is 6.44. The molecule has 21 heavy (non-hydrogen) atoms. The Balaban J connectivity index is 3.34. The Hall–Kier alpha value is -1.34. The van der Waals surface area contributed by atoms with Crippen LogP contribution in [0.5, 0.6) is 5.75 Å². The maximum Gasteiger partial charge on any atom is 0.274 e. The van der Waals surface area contributed by atoms with Gasteiger partial charge in [-0.05, 0) is 33.3 Å². The summed E-state index contributed by atoms with van der Waals surface area (Å²) in [5.41, 5.74) is -0.315. The highest BCUT2D eigenvalue weighted by molar-refractivity contribution is 7.92. The molecule has 0 radical (unpaired) electrons. The van der Waals surface area contributed by atoms with Crippen LogP contribution in [0.15, 0.2) is 23.1 Å². The van der Waals surface area contributed by atoms with Crippen molar-refractivity contribution in [3.05, 3.63) is 28.3 Å². The van der Waals surface area contributed by atoms with E-state index in [9.17, 15) is 18.5 Å². The van der Waals surface area contributed by atoms with Gasteiger partial charge >= 0.3 is 0 Å². The van der Waals surface area contributed by atoms with E-state index in [0.717, 1.165) is 6.07 Å². The van der Waals surface area contributed by atoms with Crippen molar-refractivity contribution in [3.63, 3.8) is 0 Å². The second-order valence-electron chi connectivity index (χ2n) is 4.92. The molecular weight excluding hydrogens is 318 g/mol. The van der Waals surface area contributed by atoms with Crippen molar-refractivity contribution in [1.29, 1.82) is 0 Å². The zero-order valence-electron chi connectivity index (χ0n) is 12.1. The van der Waals surface area contributed by atoms with Crippen molar-refractivity contribution < 1.29 is 18.1 Å². The van der Waals surface area contributed by atoms with Crippen LogP contribution in [-0.2, 0) is 9.84 Å². The number of alkyl halides is 1. The third-order valence-corrected chi connectivity index (χ3v) is 5.23. The molecule has 0 aliphatic heterocycles. The number of nitro benzene ring substituents is 1. The first-order valence-corrected chi connectivity index (χ1v) is 8.52. The third kappa shape index (κ3) is 4.57. The Morgan fingerprint density at radius 3 is 2.38 bits per heavy atom. The molecule has 118 valence electrons. The summed E-state index contributed by atoms with van der Waals surface area (Å²) in [5.74, 6) is 0.362. The molecule has 1 aromatic carbocycles. The molecule has 0 aromatic heterocycles. The average Bonchev–Trinajstić information content (AvgIpc) is 2.37. The number of ether oxygens (including phenoxy) is 1. The lowest BCUT2D eigenvalue weighted by atomic mass is 10.3. The highest BCUT2D eigenvalue weighted by Gasteiger charge is 2.26. The lowest BCUT2D eigenvalue weighted by Crippen LogP contribution is -2.19. The van der Waals surface area contributed by atoms with Gasteiger partial charge in [0.2, 0.25) is 0 Å². The van der Waals surface area contributed by atoms with Crippen molar-refractivity contribution >= 4 is 27.1 Å². The molecule has 0 fully saturated rings. The highest BCUT2D eigenvalue weighted by atomic mass is 35.5. The Bertz CT molecular complexity index is 615. The molecule has 0 amide bonds. The van der Waals surface area contributed by atoms with E-state index >= 15 is 0 Å². The fraction of sp³-hybridized carbons (Fsp3) is 0.538. The van der Waals surface area contributed by atoms with Crippen molar-refractivity contribution in [1.82, 2.24) is 0 Å². The number of nitrogens with zero attached hydrogens (tertiary/aromatic N) is 1. The number of halogens is 1. The van der Waals surface area contributed by atoms with Crippen LogP contribution in [0.4, 0.5) is 5.69 Å². The summed E-state index contributed by atoms with van der Waals surface area (Å²) >= 11 is 5.57. The second-order valence-corrected chi connectivity index (χ2v) is 7.66. The Kier molecular flexibility index (Phi) is 5.98. The monoisotopic (exact) mass is 335 g/mol. The van der Waals surface area contributed by atoms with Gasteiger partial charge in [0, 0.05) is 11.9 Å².